The quantitative estimate of drug-likeness (QED) is 0.0953. The van der Waals surface area contributed by atoms with Crippen LogP contribution in [-0.4, -0.2) is 50.6 Å². The molecule has 3 aliphatic rings. The highest BCUT2D eigenvalue weighted by molar-refractivity contribution is 5.93. The Bertz CT molecular complexity index is 1680. The first-order valence-corrected chi connectivity index (χ1v) is 15.1. The van der Waals surface area contributed by atoms with Crippen LogP contribution >= 0.6 is 0 Å². The fourth-order valence-corrected chi connectivity index (χ4v) is 5.50. The summed E-state index contributed by atoms with van der Waals surface area (Å²) in [5.41, 5.74) is 3.23. The van der Waals surface area contributed by atoms with Crippen molar-refractivity contribution in [3.8, 4) is 34.1 Å². The van der Waals surface area contributed by atoms with E-state index in [9.17, 15) is 18.4 Å². The molecule has 2 heterocycles. The first-order valence-electron chi connectivity index (χ1n) is 15.1. The van der Waals surface area contributed by atoms with Crippen molar-refractivity contribution in [1.82, 2.24) is 0 Å². The fourth-order valence-electron chi connectivity index (χ4n) is 5.50. The molecule has 2 atom stereocenters. The molecule has 236 valence electrons. The maximum absolute atomic E-state index is 14.7. The number of esters is 2. The molecule has 0 N–H and O–H groups in total. The molecule has 0 aromatic heterocycles. The minimum absolute atomic E-state index is 0.134. The average Bonchev–Trinajstić information content (AvgIpc) is 3.98. The molecule has 7 rings (SSSR count). The fraction of sp³-hybridized carbons (Fsp3) is 0.278. The SMILES string of the molecule is CC1c2cc(OC(=O)c3ccc(OCCC4CO4)cc3F)ccc2-c2ccc(OC(=O)c3ccc(OCCC4CO4)cc3F)cc21. The first kappa shape index (κ1) is 29.9. The van der Waals surface area contributed by atoms with Crippen LogP contribution in [0, 0.1) is 11.6 Å². The molecule has 2 unspecified atom stereocenters. The summed E-state index contributed by atoms with van der Waals surface area (Å²) in [5, 5.41) is 0. The van der Waals surface area contributed by atoms with Gasteiger partial charge in [0, 0.05) is 30.9 Å². The van der Waals surface area contributed by atoms with Crippen LogP contribution in [0.4, 0.5) is 8.78 Å². The lowest BCUT2D eigenvalue weighted by Crippen LogP contribution is -2.11. The third-order valence-electron chi connectivity index (χ3n) is 8.23. The van der Waals surface area contributed by atoms with E-state index in [0.717, 1.165) is 48.3 Å². The van der Waals surface area contributed by atoms with E-state index in [2.05, 4.69) is 0 Å². The molecule has 2 fully saturated rings. The number of epoxide rings is 2. The van der Waals surface area contributed by atoms with Crippen molar-refractivity contribution in [3.63, 3.8) is 0 Å². The van der Waals surface area contributed by atoms with Gasteiger partial charge in [0.15, 0.2) is 0 Å². The van der Waals surface area contributed by atoms with E-state index in [1.807, 2.05) is 19.1 Å². The number of benzene rings is 4. The normalized spacial score (nSPS) is 18.7. The van der Waals surface area contributed by atoms with Gasteiger partial charge in [-0.2, -0.15) is 0 Å². The van der Waals surface area contributed by atoms with E-state index in [1.54, 1.807) is 24.3 Å². The molecule has 2 saturated heterocycles. The molecular weight excluding hydrogens is 598 g/mol. The van der Waals surface area contributed by atoms with Crippen LogP contribution in [0.25, 0.3) is 11.1 Å². The average molecular weight is 629 g/mol. The van der Waals surface area contributed by atoms with E-state index < -0.39 is 23.6 Å². The van der Waals surface area contributed by atoms with Gasteiger partial charge in [0.25, 0.3) is 0 Å². The maximum atomic E-state index is 14.7. The van der Waals surface area contributed by atoms with E-state index in [-0.39, 0.29) is 40.8 Å². The highest BCUT2D eigenvalue weighted by atomic mass is 19.1. The maximum Gasteiger partial charge on any atom is 0.346 e. The van der Waals surface area contributed by atoms with Crippen molar-refractivity contribution in [2.24, 2.45) is 0 Å². The van der Waals surface area contributed by atoms with Crippen LogP contribution in [0.1, 0.15) is 57.5 Å². The molecule has 0 radical (unpaired) electrons. The highest BCUT2D eigenvalue weighted by Crippen LogP contribution is 2.47. The van der Waals surface area contributed by atoms with Gasteiger partial charge in [0.2, 0.25) is 0 Å². The van der Waals surface area contributed by atoms with Crippen LogP contribution < -0.4 is 18.9 Å². The second-order valence-corrected chi connectivity index (χ2v) is 11.5. The number of rotatable bonds is 12. The third-order valence-corrected chi connectivity index (χ3v) is 8.23. The van der Waals surface area contributed by atoms with Crippen LogP contribution in [0.3, 0.4) is 0 Å². The van der Waals surface area contributed by atoms with E-state index in [1.165, 1.54) is 36.4 Å². The minimum Gasteiger partial charge on any atom is -0.493 e. The molecule has 1 aliphatic carbocycles. The van der Waals surface area contributed by atoms with Crippen LogP contribution in [0.15, 0.2) is 72.8 Å². The largest absolute Gasteiger partial charge is 0.493 e. The van der Waals surface area contributed by atoms with Gasteiger partial charge in [-0.1, -0.05) is 19.1 Å². The molecule has 0 spiro atoms. The Morgan fingerprint density at radius 2 is 1.07 bits per heavy atom. The van der Waals surface area contributed by atoms with Crippen molar-refractivity contribution in [2.75, 3.05) is 26.4 Å². The summed E-state index contributed by atoms with van der Waals surface area (Å²) >= 11 is 0. The standard InChI is InChI=1S/C36H30F2O8/c1-20-31-14-23(45-35(39)29-8-2-21(16-33(29)37)41-12-10-25-18-43-25)4-6-27(31)28-7-5-24(15-32(20)28)46-36(40)30-9-3-22(17-34(30)38)42-13-11-26-19-44-26/h2-9,14-17,20,25-26H,10-13,18-19H2,1H3. The van der Waals surface area contributed by atoms with Crippen molar-refractivity contribution in [3.05, 3.63) is 107 Å². The summed E-state index contributed by atoms with van der Waals surface area (Å²) in [6.07, 6.45) is 1.86. The van der Waals surface area contributed by atoms with E-state index in [0.29, 0.717) is 24.7 Å². The lowest BCUT2D eigenvalue weighted by Gasteiger charge is -2.11. The molecule has 0 saturated carbocycles. The number of carbonyl (C=O) groups is 2. The van der Waals surface area contributed by atoms with E-state index >= 15 is 0 Å². The Kier molecular flexibility index (Phi) is 8.14. The predicted molar refractivity (Wildman–Crippen MR) is 162 cm³/mol. The lowest BCUT2D eigenvalue weighted by atomic mass is 9.99. The van der Waals surface area contributed by atoms with Gasteiger partial charge < -0.3 is 28.4 Å². The molecule has 4 aromatic carbocycles. The van der Waals surface area contributed by atoms with Gasteiger partial charge in [0.05, 0.1) is 49.8 Å². The Labute approximate surface area is 263 Å². The van der Waals surface area contributed by atoms with Crippen molar-refractivity contribution >= 4 is 11.9 Å². The Hall–Kier alpha value is -4.80. The van der Waals surface area contributed by atoms with Crippen molar-refractivity contribution < 1.29 is 46.8 Å². The number of hydrogen-bond acceptors (Lipinski definition) is 8. The Morgan fingerprint density at radius 3 is 1.46 bits per heavy atom. The lowest BCUT2D eigenvalue weighted by molar-refractivity contribution is 0.0719. The van der Waals surface area contributed by atoms with Gasteiger partial charge in [-0.25, -0.2) is 18.4 Å². The molecule has 2 aliphatic heterocycles. The molecule has 10 heteroatoms. The summed E-state index contributed by atoms with van der Waals surface area (Å²) in [5.74, 6) is -2.08. The predicted octanol–water partition coefficient (Wildman–Crippen LogP) is 6.87. The molecule has 8 nitrogen and oxygen atoms in total. The van der Waals surface area contributed by atoms with Gasteiger partial charge in [-0.15, -0.1) is 0 Å². The van der Waals surface area contributed by atoms with Gasteiger partial charge >= 0.3 is 11.9 Å². The van der Waals surface area contributed by atoms with Crippen molar-refractivity contribution in [1.29, 1.82) is 0 Å². The number of hydrogen-bond donors (Lipinski definition) is 0. The minimum atomic E-state index is -0.826. The van der Waals surface area contributed by atoms with Gasteiger partial charge in [0.1, 0.15) is 34.6 Å². The number of carbonyl (C=O) groups excluding carboxylic acids is 2. The second-order valence-electron chi connectivity index (χ2n) is 11.5. The monoisotopic (exact) mass is 628 g/mol. The van der Waals surface area contributed by atoms with Crippen LogP contribution in [0.2, 0.25) is 0 Å². The van der Waals surface area contributed by atoms with Gasteiger partial charge in [-0.05, 0) is 70.8 Å². The number of halogens is 2. The zero-order chi connectivity index (χ0) is 31.8. The number of fused-ring (bicyclic) bond motifs is 3. The smallest absolute Gasteiger partial charge is 0.346 e. The van der Waals surface area contributed by atoms with Gasteiger partial charge in [-0.3, -0.25) is 0 Å². The Balaban J connectivity index is 0.992. The summed E-state index contributed by atoms with van der Waals surface area (Å²) < 4.78 is 61.9. The van der Waals surface area contributed by atoms with E-state index in [4.69, 9.17) is 28.4 Å². The summed E-state index contributed by atoms with van der Waals surface area (Å²) in [4.78, 5) is 25.7. The zero-order valence-corrected chi connectivity index (χ0v) is 24.9. The molecule has 0 amide bonds. The molecular formula is C36H30F2O8. The summed E-state index contributed by atoms with van der Waals surface area (Å²) in [6.45, 7) is 4.21. The van der Waals surface area contributed by atoms with Crippen molar-refractivity contribution in [2.45, 2.75) is 37.9 Å². The second kappa shape index (κ2) is 12.5. The summed E-state index contributed by atoms with van der Waals surface area (Å²) in [6, 6.07) is 18.5. The topological polar surface area (TPSA) is 96.1 Å². The number of ether oxygens (including phenoxy) is 6. The van der Waals surface area contributed by atoms with Crippen LogP contribution in [-0.2, 0) is 9.47 Å². The first-order chi connectivity index (χ1) is 22.3. The highest BCUT2D eigenvalue weighted by Gasteiger charge is 2.28. The molecule has 4 aromatic rings. The third kappa shape index (κ3) is 6.59. The Morgan fingerprint density at radius 1 is 0.652 bits per heavy atom. The molecule has 46 heavy (non-hydrogen) atoms. The summed E-state index contributed by atoms with van der Waals surface area (Å²) in [7, 11) is 0. The van der Waals surface area contributed by atoms with Crippen LogP contribution in [0.5, 0.6) is 23.0 Å². The zero-order valence-electron chi connectivity index (χ0n) is 24.9. The molecule has 0 bridgehead atoms.